The summed E-state index contributed by atoms with van der Waals surface area (Å²) >= 11 is 0. The molecule has 0 aromatic heterocycles. The van der Waals surface area contributed by atoms with Gasteiger partial charge < -0.3 is 8.85 Å². The van der Waals surface area contributed by atoms with Gasteiger partial charge in [-0.3, -0.25) is 0 Å². The molecule has 4 fully saturated rings. The fourth-order valence-electron chi connectivity index (χ4n) is 8.37. The lowest BCUT2D eigenvalue weighted by Crippen LogP contribution is -2.56. The fraction of sp³-hybridized carbons (Fsp3) is 0.923. The normalized spacial score (nSPS) is 46.5. The zero-order chi connectivity index (χ0) is 21.9. The maximum Gasteiger partial charge on any atom is 0.185 e. The Morgan fingerprint density at radius 2 is 1.50 bits per heavy atom. The van der Waals surface area contributed by atoms with E-state index in [0.717, 1.165) is 36.0 Å². The second kappa shape index (κ2) is 7.75. The number of hydrogen-bond donors (Lipinski definition) is 0. The van der Waals surface area contributed by atoms with Crippen LogP contribution in [0, 0.1) is 47.3 Å². The zero-order valence-electron chi connectivity index (χ0n) is 20.7. The summed E-state index contributed by atoms with van der Waals surface area (Å²) in [4.78, 5) is 0. The van der Waals surface area contributed by atoms with E-state index in [-0.39, 0.29) is 11.0 Å². The van der Waals surface area contributed by atoms with Gasteiger partial charge in [-0.05, 0) is 127 Å². The van der Waals surface area contributed by atoms with Gasteiger partial charge in [0.25, 0.3) is 0 Å². The van der Waals surface area contributed by atoms with Crippen LogP contribution in [0.15, 0.2) is 0 Å². The van der Waals surface area contributed by atoms with Crippen molar-refractivity contribution in [1.29, 1.82) is 0 Å². The van der Waals surface area contributed by atoms with E-state index in [0.29, 0.717) is 6.10 Å². The molecule has 0 aromatic rings. The molecule has 4 aliphatic carbocycles. The first-order valence-corrected chi connectivity index (χ1v) is 19.5. The van der Waals surface area contributed by atoms with Gasteiger partial charge in [-0.15, -0.1) is 6.42 Å². The van der Waals surface area contributed by atoms with E-state index in [1.807, 2.05) is 0 Å². The molecule has 4 rings (SSSR count). The molecule has 0 aliphatic heterocycles. The van der Waals surface area contributed by atoms with Crippen LogP contribution >= 0.6 is 0 Å². The first-order valence-electron chi connectivity index (χ1n) is 12.7. The van der Waals surface area contributed by atoms with Crippen molar-refractivity contribution in [2.75, 3.05) is 0 Å². The van der Waals surface area contributed by atoms with E-state index in [1.165, 1.54) is 51.4 Å². The van der Waals surface area contributed by atoms with E-state index in [4.69, 9.17) is 15.3 Å². The van der Waals surface area contributed by atoms with Crippen LogP contribution in [0.1, 0.15) is 64.7 Å². The van der Waals surface area contributed by atoms with Crippen LogP contribution < -0.4 is 0 Å². The fourth-order valence-corrected chi connectivity index (χ4v) is 11.0. The Morgan fingerprint density at radius 1 is 0.800 bits per heavy atom. The summed E-state index contributed by atoms with van der Waals surface area (Å²) in [6, 6.07) is 0. The smallest absolute Gasteiger partial charge is 0.185 e. The van der Waals surface area contributed by atoms with Crippen molar-refractivity contribution >= 4 is 16.6 Å². The summed E-state index contributed by atoms with van der Waals surface area (Å²) in [6.45, 7) is 16.5. The van der Waals surface area contributed by atoms with Crippen LogP contribution in [0.25, 0.3) is 0 Å². The van der Waals surface area contributed by atoms with Gasteiger partial charge in [0, 0.05) is 11.5 Å². The first kappa shape index (κ1) is 23.1. The van der Waals surface area contributed by atoms with E-state index in [2.05, 4.69) is 52.1 Å². The third-order valence-corrected chi connectivity index (χ3v) is 11.3. The van der Waals surface area contributed by atoms with Crippen LogP contribution in [0.3, 0.4) is 0 Å². The average Bonchev–Trinajstić information content (AvgIpc) is 2.91. The third kappa shape index (κ3) is 4.02. The first-order chi connectivity index (χ1) is 13.9. The molecule has 0 aromatic carbocycles. The third-order valence-electron chi connectivity index (χ3n) is 9.26. The Morgan fingerprint density at radius 3 is 2.13 bits per heavy atom. The highest BCUT2D eigenvalue weighted by molar-refractivity contribution is 6.70. The Kier molecular flexibility index (Phi) is 5.96. The second-order valence-electron chi connectivity index (χ2n) is 13.3. The highest BCUT2D eigenvalue weighted by atomic mass is 28.4. The van der Waals surface area contributed by atoms with Crippen LogP contribution in [0.5, 0.6) is 0 Å². The van der Waals surface area contributed by atoms with Crippen molar-refractivity contribution in [1.82, 2.24) is 0 Å². The van der Waals surface area contributed by atoms with Gasteiger partial charge in [-0.1, -0.05) is 12.8 Å². The minimum absolute atomic E-state index is 0.175. The van der Waals surface area contributed by atoms with E-state index >= 15 is 0 Å². The molecule has 4 heteroatoms. The Labute approximate surface area is 188 Å². The number of fused-ring (bicyclic) bond motifs is 5. The molecule has 0 N–H and O–H groups in total. The quantitative estimate of drug-likeness (QED) is 0.339. The van der Waals surface area contributed by atoms with Gasteiger partial charge in [-0.2, -0.15) is 0 Å². The molecule has 2 nitrogen and oxygen atoms in total. The molecular weight excluding hydrogens is 400 g/mol. The Balaban J connectivity index is 1.50. The molecule has 4 saturated carbocycles. The predicted octanol–water partition coefficient (Wildman–Crippen LogP) is 7.08. The van der Waals surface area contributed by atoms with Crippen molar-refractivity contribution in [2.24, 2.45) is 35.0 Å². The van der Waals surface area contributed by atoms with Crippen molar-refractivity contribution in [3.63, 3.8) is 0 Å². The molecule has 0 unspecified atom stereocenters. The molecule has 0 amide bonds. The van der Waals surface area contributed by atoms with Crippen molar-refractivity contribution in [3.8, 4) is 12.3 Å². The summed E-state index contributed by atoms with van der Waals surface area (Å²) in [5, 5.41) is 0. The van der Waals surface area contributed by atoms with Gasteiger partial charge in [-0.25, -0.2) is 0 Å². The molecule has 0 spiro atoms. The average molecular weight is 447 g/mol. The SMILES string of the molecule is C#C[C@]1(O[Si](C)(C)C)CC[C@H]2[C@@H]3CC[C@H]4C[C@H](O[Si](C)(C)C)CC[C@@H]4[C@H]3CC[C@@]21C. The van der Waals surface area contributed by atoms with Crippen LogP contribution in [0.4, 0.5) is 0 Å². The van der Waals surface area contributed by atoms with Crippen LogP contribution in [-0.2, 0) is 8.85 Å². The largest absolute Gasteiger partial charge is 0.415 e. The summed E-state index contributed by atoms with van der Waals surface area (Å²) in [7, 11) is -3.12. The molecule has 170 valence electrons. The molecule has 0 bridgehead atoms. The van der Waals surface area contributed by atoms with Crippen molar-refractivity contribution < 1.29 is 8.85 Å². The lowest BCUT2D eigenvalue weighted by atomic mass is 9.49. The molecule has 0 heterocycles. The lowest BCUT2D eigenvalue weighted by Gasteiger charge is -2.58. The number of rotatable bonds is 4. The second-order valence-corrected chi connectivity index (χ2v) is 22.2. The van der Waals surface area contributed by atoms with Crippen molar-refractivity contribution in [2.45, 2.75) is 116 Å². The number of hydrogen-bond acceptors (Lipinski definition) is 2. The molecule has 30 heavy (non-hydrogen) atoms. The lowest BCUT2D eigenvalue weighted by molar-refractivity contribution is -0.104. The molecule has 8 atom stereocenters. The minimum atomic E-state index is -1.69. The molecule has 4 aliphatic rings. The molecule has 0 saturated heterocycles. The summed E-state index contributed by atoms with van der Waals surface area (Å²) in [5.41, 5.74) is -0.138. The summed E-state index contributed by atoms with van der Waals surface area (Å²) in [5.74, 6) is 7.66. The molecule has 0 radical (unpaired) electrons. The zero-order valence-corrected chi connectivity index (χ0v) is 22.7. The maximum atomic E-state index is 6.84. The van der Waals surface area contributed by atoms with E-state index in [9.17, 15) is 0 Å². The molecular formula is C26H46O2Si2. The Hall–Kier alpha value is -0.0862. The van der Waals surface area contributed by atoms with Gasteiger partial charge >= 0.3 is 0 Å². The van der Waals surface area contributed by atoms with Gasteiger partial charge in [0.1, 0.15) is 5.60 Å². The summed E-state index contributed by atoms with van der Waals surface area (Å²) < 4.78 is 13.4. The Bertz CT molecular complexity index is 687. The summed E-state index contributed by atoms with van der Waals surface area (Å²) in [6.07, 6.45) is 18.6. The predicted molar refractivity (Wildman–Crippen MR) is 131 cm³/mol. The van der Waals surface area contributed by atoms with Gasteiger partial charge in [0.15, 0.2) is 16.6 Å². The standard InChI is InChI=1S/C26H46O2Si2/c1-9-26(28-30(6,7)8)17-15-24-23-12-10-19-18-20(27-29(3,4)5)11-13-21(19)22(23)14-16-25(24,26)2/h1,19-24H,10-18H2,2-8H3/t19-,20+,21-,22+,23+,24-,25-,26-/m0/s1. The monoisotopic (exact) mass is 446 g/mol. The van der Waals surface area contributed by atoms with E-state index < -0.39 is 16.6 Å². The van der Waals surface area contributed by atoms with Crippen LogP contribution in [-0.4, -0.2) is 28.3 Å². The van der Waals surface area contributed by atoms with E-state index in [1.54, 1.807) is 0 Å². The topological polar surface area (TPSA) is 18.5 Å². The number of terminal acetylenes is 1. The highest BCUT2D eigenvalue weighted by Crippen LogP contribution is 2.66. The van der Waals surface area contributed by atoms with Gasteiger partial charge in [0.05, 0.1) is 0 Å². The van der Waals surface area contributed by atoms with Gasteiger partial charge in [0.2, 0.25) is 0 Å². The minimum Gasteiger partial charge on any atom is -0.415 e. The highest BCUT2D eigenvalue weighted by Gasteiger charge is 2.64. The maximum absolute atomic E-state index is 6.84. The van der Waals surface area contributed by atoms with Crippen molar-refractivity contribution in [3.05, 3.63) is 0 Å². The van der Waals surface area contributed by atoms with Crippen LogP contribution in [0.2, 0.25) is 39.3 Å².